The molecule has 0 amide bonds. The highest BCUT2D eigenvalue weighted by molar-refractivity contribution is 5.39. The first kappa shape index (κ1) is 15.1. The van der Waals surface area contributed by atoms with Crippen LogP contribution < -0.4 is 14.2 Å². The van der Waals surface area contributed by atoms with Crippen LogP contribution in [0.5, 0.6) is 17.2 Å². The number of methoxy groups -OCH3 is 1. The van der Waals surface area contributed by atoms with Gasteiger partial charge in [0.2, 0.25) is 0 Å². The topological polar surface area (TPSA) is 47.9 Å². The van der Waals surface area contributed by atoms with Crippen LogP contribution >= 0.6 is 0 Å². The number of aliphatic hydroxyl groups is 1. The molecule has 0 saturated carbocycles. The smallest absolute Gasteiger partial charge is 0.165 e. The van der Waals surface area contributed by atoms with Gasteiger partial charge in [-0.05, 0) is 29.8 Å². The average molecular weight is 292 g/mol. The van der Waals surface area contributed by atoms with Gasteiger partial charge in [0.05, 0.1) is 13.7 Å². The lowest BCUT2D eigenvalue weighted by atomic mass is 10.2. The largest absolute Gasteiger partial charge is 0.493 e. The number of ether oxygens (including phenoxy) is 3. The number of rotatable bonds is 7. The summed E-state index contributed by atoms with van der Waals surface area (Å²) in [6, 6.07) is 11.6. The van der Waals surface area contributed by atoms with E-state index in [2.05, 4.69) is 0 Å². The van der Waals surface area contributed by atoms with Gasteiger partial charge >= 0.3 is 0 Å². The van der Waals surface area contributed by atoms with Gasteiger partial charge < -0.3 is 19.3 Å². The predicted molar refractivity (Wildman–Crippen MR) is 76.3 cm³/mol. The summed E-state index contributed by atoms with van der Waals surface area (Å²) in [5, 5.41) is 8.90. The van der Waals surface area contributed by atoms with E-state index >= 15 is 0 Å². The van der Waals surface area contributed by atoms with Gasteiger partial charge in [0.15, 0.2) is 23.1 Å². The highest BCUT2D eigenvalue weighted by Crippen LogP contribution is 2.25. The third-order valence-corrected chi connectivity index (χ3v) is 2.85. The van der Waals surface area contributed by atoms with Crippen molar-refractivity contribution in [1.82, 2.24) is 0 Å². The van der Waals surface area contributed by atoms with Gasteiger partial charge in [-0.25, -0.2) is 4.39 Å². The van der Waals surface area contributed by atoms with Crippen molar-refractivity contribution in [2.24, 2.45) is 0 Å². The minimum absolute atomic E-state index is 0.135. The molecule has 2 aromatic rings. The van der Waals surface area contributed by atoms with Gasteiger partial charge in [-0.1, -0.05) is 18.2 Å². The Kier molecular flexibility index (Phi) is 5.40. The molecule has 21 heavy (non-hydrogen) atoms. The van der Waals surface area contributed by atoms with Crippen molar-refractivity contribution in [3.8, 4) is 17.2 Å². The van der Waals surface area contributed by atoms with Crippen LogP contribution in [-0.4, -0.2) is 25.4 Å². The SMILES string of the molecule is COc1ccccc1OCCOc1ccc(CO)cc1F. The molecule has 0 aromatic heterocycles. The Balaban J connectivity index is 1.85. The zero-order valence-corrected chi connectivity index (χ0v) is 11.7. The zero-order valence-electron chi connectivity index (χ0n) is 11.7. The van der Waals surface area contributed by atoms with Gasteiger partial charge in [-0.15, -0.1) is 0 Å². The monoisotopic (exact) mass is 292 g/mol. The van der Waals surface area contributed by atoms with E-state index < -0.39 is 5.82 Å². The molecule has 0 atom stereocenters. The molecular weight excluding hydrogens is 275 g/mol. The Morgan fingerprint density at radius 3 is 2.24 bits per heavy atom. The van der Waals surface area contributed by atoms with E-state index in [1.165, 1.54) is 12.1 Å². The lowest BCUT2D eigenvalue weighted by Gasteiger charge is -2.11. The van der Waals surface area contributed by atoms with E-state index in [0.717, 1.165) is 0 Å². The number of hydrogen-bond acceptors (Lipinski definition) is 4. The third-order valence-electron chi connectivity index (χ3n) is 2.85. The zero-order chi connectivity index (χ0) is 15.1. The Bertz CT molecular complexity index is 586. The van der Waals surface area contributed by atoms with E-state index in [1.54, 1.807) is 25.3 Å². The van der Waals surface area contributed by atoms with Crippen LogP contribution in [0.25, 0.3) is 0 Å². The van der Waals surface area contributed by atoms with Crippen LogP contribution in [0.1, 0.15) is 5.56 Å². The molecule has 2 rings (SSSR count). The summed E-state index contributed by atoms with van der Waals surface area (Å²) < 4.78 is 29.6. The van der Waals surface area contributed by atoms with E-state index in [4.69, 9.17) is 19.3 Å². The number of benzene rings is 2. The summed E-state index contributed by atoms with van der Waals surface area (Å²) in [5.74, 6) is 0.880. The highest BCUT2D eigenvalue weighted by atomic mass is 19.1. The van der Waals surface area contributed by atoms with Crippen LogP contribution in [0.15, 0.2) is 42.5 Å². The molecule has 0 unspecified atom stereocenters. The first-order valence-corrected chi connectivity index (χ1v) is 6.52. The molecule has 0 radical (unpaired) electrons. The number of aliphatic hydroxyl groups excluding tert-OH is 1. The average Bonchev–Trinajstić information content (AvgIpc) is 2.53. The molecule has 1 N–H and O–H groups in total. The van der Waals surface area contributed by atoms with Crippen molar-refractivity contribution < 1.29 is 23.7 Å². The van der Waals surface area contributed by atoms with E-state index in [-0.39, 0.29) is 25.6 Å². The summed E-state index contributed by atoms with van der Waals surface area (Å²) in [4.78, 5) is 0. The van der Waals surface area contributed by atoms with Crippen LogP contribution in [-0.2, 0) is 6.61 Å². The molecule has 0 saturated heterocycles. The van der Waals surface area contributed by atoms with Crippen LogP contribution in [0.3, 0.4) is 0 Å². The Hall–Kier alpha value is -2.27. The van der Waals surface area contributed by atoms with Crippen LogP contribution in [0.2, 0.25) is 0 Å². The fourth-order valence-corrected chi connectivity index (χ4v) is 1.80. The van der Waals surface area contributed by atoms with Crippen molar-refractivity contribution in [3.63, 3.8) is 0 Å². The van der Waals surface area contributed by atoms with Gasteiger partial charge in [0.1, 0.15) is 13.2 Å². The summed E-state index contributed by atoms with van der Waals surface area (Å²) >= 11 is 0. The molecule has 2 aromatic carbocycles. The molecule has 0 bridgehead atoms. The minimum atomic E-state index is -0.501. The molecule has 112 valence electrons. The third kappa shape index (κ3) is 4.10. The molecule has 0 spiro atoms. The van der Waals surface area contributed by atoms with Crippen molar-refractivity contribution in [2.45, 2.75) is 6.61 Å². The lowest BCUT2D eigenvalue weighted by Crippen LogP contribution is -2.10. The maximum atomic E-state index is 13.6. The number of hydrogen-bond donors (Lipinski definition) is 1. The van der Waals surface area contributed by atoms with E-state index in [0.29, 0.717) is 17.1 Å². The van der Waals surface area contributed by atoms with Gasteiger partial charge in [-0.2, -0.15) is 0 Å². The lowest BCUT2D eigenvalue weighted by molar-refractivity contribution is 0.206. The van der Waals surface area contributed by atoms with Gasteiger partial charge in [-0.3, -0.25) is 0 Å². The second-order valence-electron chi connectivity index (χ2n) is 4.27. The fourth-order valence-electron chi connectivity index (χ4n) is 1.80. The summed E-state index contributed by atoms with van der Waals surface area (Å²) in [5.41, 5.74) is 0.505. The Labute approximate surface area is 122 Å². The molecular formula is C16H17FO4. The second kappa shape index (κ2) is 7.50. The van der Waals surface area contributed by atoms with E-state index in [9.17, 15) is 4.39 Å². The second-order valence-corrected chi connectivity index (χ2v) is 4.27. The molecule has 0 fully saturated rings. The molecule has 0 aliphatic heterocycles. The quantitative estimate of drug-likeness (QED) is 0.797. The Morgan fingerprint density at radius 1 is 0.952 bits per heavy atom. The number of halogens is 1. The van der Waals surface area contributed by atoms with Crippen molar-refractivity contribution in [3.05, 3.63) is 53.8 Å². The van der Waals surface area contributed by atoms with Crippen molar-refractivity contribution in [2.75, 3.05) is 20.3 Å². The van der Waals surface area contributed by atoms with Gasteiger partial charge in [0, 0.05) is 0 Å². The summed E-state index contributed by atoms with van der Waals surface area (Å²) in [6.07, 6.45) is 0. The van der Waals surface area contributed by atoms with Crippen LogP contribution in [0.4, 0.5) is 4.39 Å². The summed E-state index contributed by atoms with van der Waals surface area (Å²) in [7, 11) is 1.57. The standard InChI is InChI=1S/C16H17FO4/c1-19-15-4-2-3-5-16(15)21-9-8-20-14-7-6-12(11-18)10-13(14)17/h2-7,10,18H,8-9,11H2,1H3. The first-order valence-electron chi connectivity index (χ1n) is 6.52. The van der Waals surface area contributed by atoms with Gasteiger partial charge in [0.25, 0.3) is 0 Å². The molecule has 4 nitrogen and oxygen atoms in total. The minimum Gasteiger partial charge on any atom is -0.493 e. The van der Waals surface area contributed by atoms with Crippen LogP contribution in [0, 0.1) is 5.82 Å². The molecule has 0 aliphatic carbocycles. The Morgan fingerprint density at radius 2 is 1.62 bits per heavy atom. The maximum absolute atomic E-state index is 13.6. The summed E-state index contributed by atoms with van der Waals surface area (Å²) in [6.45, 7) is 0.267. The predicted octanol–water partition coefficient (Wildman–Crippen LogP) is 2.78. The fraction of sp³-hybridized carbons (Fsp3) is 0.250. The van der Waals surface area contributed by atoms with Crippen molar-refractivity contribution >= 4 is 0 Å². The van der Waals surface area contributed by atoms with Crippen molar-refractivity contribution in [1.29, 1.82) is 0 Å². The first-order chi connectivity index (χ1) is 10.2. The number of para-hydroxylation sites is 2. The molecule has 5 heteroatoms. The highest BCUT2D eigenvalue weighted by Gasteiger charge is 2.06. The molecule has 0 heterocycles. The molecule has 0 aliphatic rings. The van der Waals surface area contributed by atoms with E-state index in [1.807, 2.05) is 12.1 Å². The normalized spacial score (nSPS) is 10.2. The maximum Gasteiger partial charge on any atom is 0.165 e.